The molecular formula is C20H23N7O2. The standard InChI is InChI=1S/C20H23N7O2/c1-2-29-13-7-14(19-15-9-23-24-20(15)25-27(19)10-13)12-3-4-18(22-8-12)26-6-5-16(21)17(28)11-26/h3-4,7-10,16-17,28H,2,5-6,11,21H2,1H3,(H,24,25)/t16-,17+/m0/s1. The predicted octanol–water partition coefficient (Wildman–Crippen LogP) is 1.57. The normalized spacial score (nSPS) is 19.9. The van der Waals surface area contributed by atoms with E-state index in [0.717, 1.165) is 52.2 Å². The molecule has 0 unspecified atom stereocenters. The maximum atomic E-state index is 10.1. The Balaban J connectivity index is 1.56. The lowest BCUT2D eigenvalue weighted by Gasteiger charge is -2.34. The molecule has 9 heteroatoms. The number of pyridine rings is 2. The molecule has 1 fully saturated rings. The van der Waals surface area contributed by atoms with Crippen LogP contribution in [0.5, 0.6) is 5.75 Å². The van der Waals surface area contributed by atoms with Crippen LogP contribution in [0.15, 0.2) is 36.8 Å². The van der Waals surface area contributed by atoms with E-state index in [1.807, 2.05) is 42.0 Å². The van der Waals surface area contributed by atoms with Gasteiger partial charge in [0.05, 0.1) is 36.0 Å². The number of nitrogens with zero attached hydrogens (tertiary/aromatic N) is 5. The fourth-order valence-electron chi connectivity index (χ4n) is 3.90. The maximum absolute atomic E-state index is 10.1. The van der Waals surface area contributed by atoms with Gasteiger partial charge in [-0.3, -0.25) is 5.10 Å². The summed E-state index contributed by atoms with van der Waals surface area (Å²) in [6.45, 7) is 3.81. The highest BCUT2D eigenvalue weighted by atomic mass is 16.5. The van der Waals surface area contributed by atoms with Crippen molar-refractivity contribution in [1.82, 2.24) is 24.8 Å². The zero-order chi connectivity index (χ0) is 20.0. The molecule has 0 spiro atoms. The number of aliphatic hydroxyl groups is 1. The van der Waals surface area contributed by atoms with Crippen molar-refractivity contribution in [2.24, 2.45) is 5.73 Å². The van der Waals surface area contributed by atoms with Crippen LogP contribution in [0, 0.1) is 0 Å². The van der Waals surface area contributed by atoms with Crippen LogP contribution in [0.25, 0.3) is 27.7 Å². The van der Waals surface area contributed by atoms with Crippen LogP contribution >= 0.6 is 0 Å². The summed E-state index contributed by atoms with van der Waals surface area (Å²) < 4.78 is 7.55. The highest BCUT2D eigenvalue weighted by molar-refractivity contribution is 6.00. The minimum Gasteiger partial charge on any atom is -0.492 e. The number of piperidine rings is 1. The monoisotopic (exact) mass is 393 g/mol. The van der Waals surface area contributed by atoms with E-state index in [1.54, 1.807) is 6.20 Å². The number of aromatic nitrogens is 5. The Bertz CT molecular complexity index is 1150. The Morgan fingerprint density at radius 2 is 2.24 bits per heavy atom. The van der Waals surface area contributed by atoms with Gasteiger partial charge < -0.3 is 20.5 Å². The number of hydrogen-bond donors (Lipinski definition) is 3. The summed E-state index contributed by atoms with van der Waals surface area (Å²) in [5.41, 5.74) is 9.51. The quantitative estimate of drug-likeness (QED) is 0.482. The maximum Gasteiger partial charge on any atom is 0.178 e. The fraction of sp³-hybridized carbons (Fsp3) is 0.350. The van der Waals surface area contributed by atoms with E-state index in [2.05, 4.69) is 25.2 Å². The number of ether oxygens (including phenoxy) is 1. The van der Waals surface area contributed by atoms with Crippen LogP contribution in [0.1, 0.15) is 13.3 Å². The Hall–Kier alpha value is -3.17. The second-order valence-corrected chi connectivity index (χ2v) is 7.32. The van der Waals surface area contributed by atoms with Crippen molar-refractivity contribution < 1.29 is 9.84 Å². The van der Waals surface area contributed by atoms with Gasteiger partial charge >= 0.3 is 0 Å². The zero-order valence-electron chi connectivity index (χ0n) is 16.1. The number of anilines is 1. The molecular weight excluding hydrogens is 370 g/mol. The number of aliphatic hydroxyl groups excluding tert-OH is 1. The number of nitrogens with two attached hydrogens (primary N) is 1. The first-order chi connectivity index (χ1) is 14.1. The number of fused-ring (bicyclic) bond motifs is 3. The van der Waals surface area contributed by atoms with E-state index in [1.165, 1.54) is 0 Å². The van der Waals surface area contributed by atoms with E-state index in [-0.39, 0.29) is 6.04 Å². The molecule has 9 nitrogen and oxygen atoms in total. The minimum absolute atomic E-state index is 0.167. The first kappa shape index (κ1) is 17.9. The molecule has 1 aliphatic rings. The van der Waals surface area contributed by atoms with Crippen LogP contribution < -0.4 is 15.4 Å². The lowest BCUT2D eigenvalue weighted by atomic mass is 10.0. The van der Waals surface area contributed by atoms with Gasteiger partial charge in [0.2, 0.25) is 0 Å². The van der Waals surface area contributed by atoms with Gasteiger partial charge in [-0.05, 0) is 31.5 Å². The first-order valence-corrected chi connectivity index (χ1v) is 9.77. The van der Waals surface area contributed by atoms with Crippen molar-refractivity contribution >= 4 is 22.4 Å². The van der Waals surface area contributed by atoms with E-state index < -0.39 is 6.10 Å². The Morgan fingerprint density at radius 3 is 3.00 bits per heavy atom. The van der Waals surface area contributed by atoms with E-state index in [4.69, 9.17) is 10.5 Å². The number of hydrogen-bond acceptors (Lipinski definition) is 7. The topological polar surface area (TPSA) is 118 Å². The summed E-state index contributed by atoms with van der Waals surface area (Å²) in [4.78, 5) is 6.72. The fourth-order valence-corrected chi connectivity index (χ4v) is 3.90. The zero-order valence-corrected chi connectivity index (χ0v) is 16.1. The molecule has 0 radical (unpaired) electrons. The highest BCUT2D eigenvalue weighted by Crippen LogP contribution is 2.33. The molecule has 0 bridgehead atoms. The Morgan fingerprint density at radius 1 is 1.34 bits per heavy atom. The average molecular weight is 393 g/mol. The molecule has 5 heterocycles. The smallest absolute Gasteiger partial charge is 0.178 e. The molecule has 0 amide bonds. The van der Waals surface area contributed by atoms with Gasteiger partial charge in [-0.1, -0.05) is 0 Å². The molecule has 0 aromatic carbocycles. The van der Waals surface area contributed by atoms with Crippen molar-refractivity contribution in [3.8, 4) is 16.9 Å². The average Bonchev–Trinajstić information content (AvgIpc) is 3.31. The summed E-state index contributed by atoms with van der Waals surface area (Å²) in [5, 5.41) is 22.6. The third kappa shape index (κ3) is 3.08. The molecule has 1 aliphatic heterocycles. The van der Waals surface area contributed by atoms with E-state index in [9.17, 15) is 5.11 Å². The molecule has 5 rings (SSSR count). The van der Waals surface area contributed by atoms with Gasteiger partial charge in [0, 0.05) is 36.5 Å². The van der Waals surface area contributed by atoms with Crippen LogP contribution in [-0.2, 0) is 0 Å². The highest BCUT2D eigenvalue weighted by Gasteiger charge is 2.25. The van der Waals surface area contributed by atoms with Crippen molar-refractivity contribution in [2.75, 3.05) is 24.6 Å². The Kier molecular flexibility index (Phi) is 4.33. The molecule has 4 aromatic rings. The molecule has 1 saturated heterocycles. The number of β-amino-alcohol motifs (C(OH)–C–C–N with tert-alkyl or cyclic N) is 1. The summed E-state index contributed by atoms with van der Waals surface area (Å²) in [6, 6.07) is 5.85. The number of nitrogens with one attached hydrogen (secondary N) is 1. The van der Waals surface area contributed by atoms with Gasteiger partial charge in [0.25, 0.3) is 0 Å². The van der Waals surface area contributed by atoms with Crippen molar-refractivity contribution in [2.45, 2.75) is 25.5 Å². The second-order valence-electron chi connectivity index (χ2n) is 7.32. The van der Waals surface area contributed by atoms with Crippen molar-refractivity contribution in [1.29, 1.82) is 0 Å². The van der Waals surface area contributed by atoms with Gasteiger partial charge in [-0.2, -0.15) is 5.10 Å². The number of aromatic amines is 1. The second kappa shape index (κ2) is 7.02. The van der Waals surface area contributed by atoms with Crippen LogP contribution in [-0.4, -0.2) is 61.7 Å². The lowest BCUT2D eigenvalue weighted by molar-refractivity contribution is 0.131. The molecule has 4 aromatic heterocycles. The van der Waals surface area contributed by atoms with Crippen LogP contribution in [0.3, 0.4) is 0 Å². The summed E-state index contributed by atoms with van der Waals surface area (Å²) in [5.74, 6) is 1.57. The molecule has 4 N–H and O–H groups in total. The third-order valence-corrected chi connectivity index (χ3v) is 5.43. The van der Waals surface area contributed by atoms with Gasteiger partial charge in [-0.15, -0.1) is 5.10 Å². The van der Waals surface area contributed by atoms with Crippen molar-refractivity contribution in [3.63, 3.8) is 0 Å². The van der Waals surface area contributed by atoms with E-state index >= 15 is 0 Å². The SMILES string of the molecule is CCOc1cc(-c2ccc(N3CC[C@H](N)[C@H](O)C3)nc2)c2c3cn[nH]c3nn2c1. The van der Waals surface area contributed by atoms with Gasteiger partial charge in [-0.25, -0.2) is 9.50 Å². The Labute approximate surface area is 167 Å². The summed E-state index contributed by atoms with van der Waals surface area (Å²) in [6.07, 6.45) is 5.71. The van der Waals surface area contributed by atoms with Crippen molar-refractivity contribution in [3.05, 3.63) is 36.8 Å². The van der Waals surface area contributed by atoms with Gasteiger partial charge in [0.15, 0.2) is 5.65 Å². The third-order valence-electron chi connectivity index (χ3n) is 5.43. The molecule has 150 valence electrons. The number of rotatable bonds is 4. The van der Waals surface area contributed by atoms with E-state index in [0.29, 0.717) is 13.2 Å². The molecule has 29 heavy (non-hydrogen) atoms. The van der Waals surface area contributed by atoms with Crippen LogP contribution in [0.4, 0.5) is 5.82 Å². The molecule has 0 saturated carbocycles. The van der Waals surface area contributed by atoms with Gasteiger partial charge in [0.1, 0.15) is 11.6 Å². The predicted molar refractivity (Wildman–Crippen MR) is 110 cm³/mol. The first-order valence-electron chi connectivity index (χ1n) is 9.77. The summed E-state index contributed by atoms with van der Waals surface area (Å²) in [7, 11) is 0. The lowest BCUT2D eigenvalue weighted by Crippen LogP contribution is -2.50. The molecule has 0 aliphatic carbocycles. The largest absolute Gasteiger partial charge is 0.492 e. The summed E-state index contributed by atoms with van der Waals surface area (Å²) >= 11 is 0. The molecule has 2 atom stereocenters. The minimum atomic E-state index is -0.533. The number of H-pyrrole nitrogens is 1. The van der Waals surface area contributed by atoms with Crippen LogP contribution in [0.2, 0.25) is 0 Å².